The number of benzene rings is 1. The van der Waals surface area contributed by atoms with Crippen molar-refractivity contribution in [3.63, 3.8) is 0 Å². The van der Waals surface area contributed by atoms with Gasteiger partial charge >= 0.3 is 12.1 Å². The first-order valence-electron chi connectivity index (χ1n) is 5.21. The van der Waals surface area contributed by atoms with Crippen LogP contribution in [0.2, 0.25) is 5.02 Å². The number of carbonyl (C=O) groups is 1. The zero-order valence-electron chi connectivity index (χ0n) is 9.63. The third-order valence-electron chi connectivity index (χ3n) is 2.04. The van der Waals surface area contributed by atoms with Gasteiger partial charge in [-0.3, -0.25) is 0 Å². The lowest BCUT2D eigenvalue weighted by Gasteiger charge is -2.11. The lowest BCUT2D eigenvalue weighted by Crippen LogP contribution is -2.20. The molecule has 0 saturated carbocycles. The summed E-state index contributed by atoms with van der Waals surface area (Å²) in [6, 6.07) is 4.17. The molecule has 0 fully saturated rings. The number of alkyl halides is 3. The highest BCUT2D eigenvalue weighted by molar-refractivity contribution is 6.31. The first-order valence-corrected chi connectivity index (χ1v) is 5.58. The first-order chi connectivity index (χ1) is 8.79. The van der Waals surface area contributed by atoms with E-state index in [9.17, 15) is 18.0 Å². The molecule has 19 heavy (non-hydrogen) atoms. The molecule has 106 valence electrons. The molecular formula is C11H11ClF3NO3. The zero-order chi connectivity index (χ0) is 14.5. The molecule has 0 aliphatic carbocycles. The number of hydrogen-bond donors (Lipinski definition) is 2. The smallest absolute Gasteiger partial charge is 0.411 e. The second-order valence-corrected chi connectivity index (χ2v) is 4.03. The predicted molar refractivity (Wildman–Crippen MR) is 63.8 cm³/mol. The molecule has 0 heterocycles. The van der Waals surface area contributed by atoms with Crippen molar-refractivity contribution < 1.29 is 27.8 Å². The largest absolute Gasteiger partial charge is 0.478 e. The minimum absolute atomic E-state index is 0.0525. The monoisotopic (exact) mass is 297 g/mol. The highest BCUT2D eigenvalue weighted by atomic mass is 35.5. The van der Waals surface area contributed by atoms with Crippen LogP contribution in [0.1, 0.15) is 10.4 Å². The third kappa shape index (κ3) is 5.80. The number of carboxylic acids is 1. The predicted octanol–water partition coefficient (Wildman–Crippen LogP) is 3.03. The minimum Gasteiger partial charge on any atom is -0.478 e. The maximum absolute atomic E-state index is 11.8. The SMILES string of the molecule is O=C(O)c1cc(Cl)ccc1NCCOCC(F)(F)F. The van der Waals surface area contributed by atoms with E-state index in [-0.39, 0.29) is 29.4 Å². The van der Waals surface area contributed by atoms with Crippen LogP contribution in [0.15, 0.2) is 18.2 Å². The molecule has 1 aromatic rings. The number of ether oxygens (including phenoxy) is 1. The molecule has 1 rings (SSSR count). The van der Waals surface area contributed by atoms with Crippen molar-refractivity contribution in [3.8, 4) is 0 Å². The maximum Gasteiger partial charge on any atom is 0.411 e. The average Bonchev–Trinajstić information content (AvgIpc) is 2.28. The summed E-state index contributed by atoms with van der Waals surface area (Å²) in [5, 5.41) is 11.9. The van der Waals surface area contributed by atoms with Crippen LogP contribution in [0, 0.1) is 0 Å². The van der Waals surface area contributed by atoms with Crippen LogP contribution in [0.25, 0.3) is 0 Å². The van der Waals surface area contributed by atoms with Gasteiger partial charge in [0.25, 0.3) is 0 Å². The van der Waals surface area contributed by atoms with E-state index in [0.717, 1.165) is 0 Å². The quantitative estimate of drug-likeness (QED) is 0.792. The highest BCUT2D eigenvalue weighted by Crippen LogP contribution is 2.20. The number of anilines is 1. The Morgan fingerprint density at radius 3 is 2.68 bits per heavy atom. The van der Waals surface area contributed by atoms with Gasteiger partial charge in [0.2, 0.25) is 0 Å². The van der Waals surface area contributed by atoms with Crippen LogP contribution in [0.5, 0.6) is 0 Å². The topological polar surface area (TPSA) is 58.6 Å². The van der Waals surface area contributed by atoms with Crippen molar-refractivity contribution in [1.82, 2.24) is 0 Å². The molecule has 1 aromatic carbocycles. The lowest BCUT2D eigenvalue weighted by atomic mass is 10.2. The molecule has 0 atom stereocenters. The van der Waals surface area contributed by atoms with Gasteiger partial charge in [-0.05, 0) is 18.2 Å². The van der Waals surface area contributed by atoms with Crippen molar-refractivity contribution in [3.05, 3.63) is 28.8 Å². The minimum atomic E-state index is -4.37. The summed E-state index contributed by atoms with van der Waals surface area (Å²) >= 11 is 5.65. The van der Waals surface area contributed by atoms with Gasteiger partial charge in [0, 0.05) is 17.3 Å². The van der Waals surface area contributed by atoms with Crippen molar-refractivity contribution in [2.75, 3.05) is 25.1 Å². The van der Waals surface area contributed by atoms with Gasteiger partial charge in [0.1, 0.15) is 6.61 Å². The second-order valence-electron chi connectivity index (χ2n) is 3.59. The van der Waals surface area contributed by atoms with Crippen molar-refractivity contribution in [1.29, 1.82) is 0 Å². The Kier molecular flexibility index (Phi) is 5.44. The number of rotatable bonds is 6. The normalized spacial score (nSPS) is 11.4. The van der Waals surface area contributed by atoms with Crippen LogP contribution in [-0.2, 0) is 4.74 Å². The summed E-state index contributed by atoms with van der Waals surface area (Å²) in [6.45, 7) is -1.47. The summed E-state index contributed by atoms with van der Waals surface area (Å²) in [7, 11) is 0. The number of hydrogen-bond acceptors (Lipinski definition) is 3. The summed E-state index contributed by atoms with van der Waals surface area (Å²) in [4.78, 5) is 10.9. The van der Waals surface area contributed by atoms with Crippen LogP contribution in [0.3, 0.4) is 0 Å². The molecule has 0 radical (unpaired) electrons. The number of carboxylic acid groups (broad SMARTS) is 1. The average molecular weight is 298 g/mol. The molecule has 0 aromatic heterocycles. The third-order valence-corrected chi connectivity index (χ3v) is 2.27. The van der Waals surface area contributed by atoms with Crippen LogP contribution in [-0.4, -0.2) is 37.0 Å². The Balaban J connectivity index is 2.47. The van der Waals surface area contributed by atoms with E-state index in [2.05, 4.69) is 10.1 Å². The van der Waals surface area contributed by atoms with Crippen LogP contribution >= 0.6 is 11.6 Å². The van der Waals surface area contributed by atoms with Gasteiger partial charge in [-0.25, -0.2) is 4.79 Å². The van der Waals surface area contributed by atoms with E-state index in [1.54, 1.807) is 0 Å². The first kappa shape index (κ1) is 15.6. The van der Waals surface area contributed by atoms with Gasteiger partial charge in [0.05, 0.1) is 12.2 Å². The van der Waals surface area contributed by atoms with Gasteiger partial charge in [-0.2, -0.15) is 13.2 Å². The summed E-state index contributed by atoms with van der Waals surface area (Å²) < 4.78 is 39.7. The zero-order valence-corrected chi connectivity index (χ0v) is 10.4. The van der Waals surface area contributed by atoms with Crippen molar-refractivity contribution in [2.24, 2.45) is 0 Å². The lowest BCUT2D eigenvalue weighted by molar-refractivity contribution is -0.172. The molecule has 0 aliphatic rings. The summed E-state index contributed by atoms with van der Waals surface area (Å²) in [5.41, 5.74) is 0.218. The second kappa shape index (κ2) is 6.63. The van der Waals surface area contributed by atoms with E-state index < -0.39 is 18.8 Å². The molecule has 0 aliphatic heterocycles. The van der Waals surface area contributed by atoms with Crippen LogP contribution < -0.4 is 5.32 Å². The van der Waals surface area contributed by atoms with E-state index >= 15 is 0 Å². The Morgan fingerprint density at radius 2 is 2.11 bits per heavy atom. The summed E-state index contributed by atoms with van der Waals surface area (Å²) in [5.74, 6) is -1.18. The molecule has 8 heteroatoms. The number of halogens is 4. The van der Waals surface area contributed by atoms with E-state index in [0.29, 0.717) is 0 Å². The van der Waals surface area contributed by atoms with Gasteiger partial charge in [0.15, 0.2) is 0 Å². The highest BCUT2D eigenvalue weighted by Gasteiger charge is 2.27. The van der Waals surface area contributed by atoms with E-state index in [1.165, 1.54) is 18.2 Å². The maximum atomic E-state index is 11.8. The Morgan fingerprint density at radius 1 is 1.42 bits per heavy atom. The fraction of sp³-hybridized carbons (Fsp3) is 0.364. The molecular weight excluding hydrogens is 287 g/mol. The Hall–Kier alpha value is -1.47. The van der Waals surface area contributed by atoms with Crippen molar-refractivity contribution >= 4 is 23.3 Å². The van der Waals surface area contributed by atoms with Crippen LogP contribution in [0.4, 0.5) is 18.9 Å². The Bertz CT molecular complexity index is 451. The molecule has 0 unspecified atom stereocenters. The molecule has 4 nitrogen and oxygen atoms in total. The van der Waals surface area contributed by atoms with Crippen molar-refractivity contribution in [2.45, 2.75) is 6.18 Å². The molecule has 0 saturated heterocycles. The standard InChI is InChI=1S/C11H11ClF3NO3/c12-7-1-2-9(8(5-7)10(17)18)16-3-4-19-6-11(13,14)15/h1-2,5,16H,3-4,6H2,(H,17,18). The molecule has 2 N–H and O–H groups in total. The van der Waals surface area contributed by atoms with E-state index in [4.69, 9.17) is 16.7 Å². The van der Waals surface area contributed by atoms with E-state index in [1.807, 2.05) is 0 Å². The Labute approximate surface area is 112 Å². The summed E-state index contributed by atoms with van der Waals surface area (Å²) in [6.07, 6.45) is -4.37. The van der Waals surface area contributed by atoms with Gasteiger partial charge in [-0.1, -0.05) is 11.6 Å². The fourth-order valence-electron chi connectivity index (χ4n) is 1.29. The number of aromatic carboxylic acids is 1. The molecule has 0 spiro atoms. The van der Waals surface area contributed by atoms with Gasteiger partial charge < -0.3 is 15.2 Å². The molecule has 0 amide bonds. The fourth-order valence-corrected chi connectivity index (χ4v) is 1.47. The molecule has 0 bridgehead atoms. The number of nitrogens with one attached hydrogen (secondary N) is 1. The van der Waals surface area contributed by atoms with Gasteiger partial charge in [-0.15, -0.1) is 0 Å².